The van der Waals surface area contributed by atoms with Crippen molar-refractivity contribution in [2.24, 2.45) is 0 Å². The molecule has 0 aliphatic heterocycles. The Morgan fingerprint density at radius 2 is 1.47 bits per heavy atom. The third-order valence-electron chi connectivity index (χ3n) is 4.55. The first-order valence-corrected chi connectivity index (χ1v) is 9.88. The van der Waals surface area contributed by atoms with Crippen LogP contribution in [0, 0.1) is 6.92 Å². The van der Waals surface area contributed by atoms with E-state index in [1.165, 1.54) is 0 Å². The van der Waals surface area contributed by atoms with E-state index < -0.39 is 12.0 Å². The van der Waals surface area contributed by atoms with Gasteiger partial charge < -0.3 is 14.8 Å². The van der Waals surface area contributed by atoms with Crippen LogP contribution in [0.15, 0.2) is 84.9 Å². The molecule has 30 heavy (non-hydrogen) atoms. The highest BCUT2D eigenvalue weighted by Gasteiger charge is 2.20. The lowest BCUT2D eigenvalue weighted by molar-refractivity contribution is -0.144. The van der Waals surface area contributed by atoms with E-state index in [4.69, 9.17) is 9.47 Å². The topological polar surface area (TPSA) is 64.6 Å². The lowest BCUT2D eigenvalue weighted by Gasteiger charge is -2.19. The van der Waals surface area contributed by atoms with Crippen LogP contribution in [0.1, 0.15) is 33.9 Å². The van der Waals surface area contributed by atoms with Gasteiger partial charge in [0.1, 0.15) is 19.0 Å². The normalized spacial score (nSPS) is 11.4. The average molecular weight is 403 g/mol. The summed E-state index contributed by atoms with van der Waals surface area (Å²) in [5.41, 5.74) is 2.53. The maximum atomic E-state index is 12.6. The summed E-state index contributed by atoms with van der Waals surface area (Å²) in [6.07, 6.45) is 0.0348. The standard InChI is InChI=1S/C25H25NO4/c1-19-12-14-22(15-13-19)29-16-17-30-24(27)18-23(20-8-4-2-5-9-20)26-25(28)21-10-6-3-7-11-21/h2-15,23H,16-18H2,1H3,(H,26,28)/t23-/m1/s1. The summed E-state index contributed by atoms with van der Waals surface area (Å²) < 4.78 is 10.9. The summed E-state index contributed by atoms with van der Waals surface area (Å²) >= 11 is 0. The van der Waals surface area contributed by atoms with Crippen molar-refractivity contribution in [3.8, 4) is 5.75 Å². The fourth-order valence-corrected chi connectivity index (χ4v) is 2.94. The Morgan fingerprint density at radius 3 is 2.13 bits per heavy atom. The number of aryl methyl sites for hydroxylation is 1. The predicted octanol–water partition coefficient (Wildman–Crippen LogP) is 4.48. The van der Waals surface area contributed by atoms with Gasteiger partial charge in [-0.15, -0.1) is 0 Å². The van der Waals surface area contributed by atoms with Gasteiger partial charge in [-0.25, -0.2) is 0 Å². The van der Waals surface area contributed by atoms with Gasteiger partial charge >= 0.3 is 5.97 Å². The quantitative estimate of drug-likeness (QED) is 0.423. The Balaban J connectivity index is 1.54. The molecule has 1 atom stereocenters. The van der Waals surface area contributed by atoms with Gasteiger partial charge in [-0.1, -0.05) is 66.2 Å². The van der Waals surface area contributed by atoms with Crippen LogP contribution in [-0.2, 0) is 9.53 Å². The van der Waals surface area contributed by atoms with Crippen LogP contribution in [0.2, 0.25) is 0 Å². The maximum absolute atomic E-state index is 12.6. The van der Waals surface area contributed by atoms with E-state index in [0.717, 1.165) is 16.9 Å². The van der Waals surface area contributed by atoms with Gasteiger partial charge in [0.05, 0.1) is 12.5 Å². The molecule has 5 heteroatoms. The third-order valence-corrected chi connectivity index (χ3v) is 4.55. The molecule has 5 nitrogen and oxygen atoms in total. The highest BCUT2D eigenvalue weighted by atomic mass is 16.6. The van der Waals surface area contributed by atoms with E-state index in [-0.39, 0.29) is 25.5 Å². The van der Waals surface area contributed by atoms with Gasteiger partial charge in [0, 0.05) is 5.56 Å². The number of carbonyl (C=O) groups excluding carboxylic acids is 2. The highest BCUT2D eigenvalue weighted by Crippen LogP contribution is 2.18. The first-order chi connectivity index (χ1) is 14.6. The monoisotopic (exact) mass is 403 g/mol. The Hall–Kier alpha value is -3.60. The molecule has 0 unspecified atom stereocenters. The van der Waals surface area contributed by atoms with Crippen molar-refractivity contribution in [1.29, 1.82) is 0 Å². The van der Waals surface area contributed by atoms with Crippen molar-refractivity contribution in [3.05, 3.63) is 102 Å². The minimum absolute atomic E-state index is 0.0348. The minimum Gasteiger partial charge on any atom is -0.490 e. The third kappa shape index (κ3) is 6.48. The Labute approximate surface area is 176 Å². The van der Waals surface area contributed by atoms with Crippen LogP contribution in [0.3, 0.4) is 0 Å². The molecule has 1 N–H and O–H groups in total. The van der Waals surface area contributed by atoms with Crippen LogP contribution in [0.5, 0.6) is 5.75 Å². The molecule has 154 valence electrons. The fraction of sp³-hybridized carbons (Fsp3) is 0.200. The van der Waals surface area contributed by atoms with E-state index in [9.17, 15) is 9.59 Å². The van der Waals surface area contributed by atoms with Crippen LogP contribution in [-0.4, -0.2) is 25.1 Å². The summed E-state index contributed by atoms with van der Waals surface area (Å²) in [7, 11) is 0. The second kappa shape index (κ2) is 10.8. The van der Waals surface area contributed by atoms with Gasteiger partial charge in [0.25, 0.3) is 5.91 Å². The number of amides is 1. The molecule has 0 heterocycles. The van der Waals surface area contributed by atoms with Crippen LogP contribution < -0.4 is 10.1 Å². The lowest BCUT2D eigenvalue weighted by atomic mass is 10.0. The van der Waals surface area contributed by atoms with Gasteiger partial charge in [-0.05, 0) is 36.8 Å². The van der Waals surface area contributed by atoms with E-state index in [1.807, 2.05) is 67.6 Å². The second-order valence-corrected chi connectivity index (χ2v) is 6.89. The van der Waals surface area contributed by atoms with Crippen molar-refractivity contribution in [2.45, 2.75) is 19.4 Å². The van der Waals surface area contributed by atoms with E-state index in [0.29, 0.717) is 5.56 Å². The van der Waals surface area contributed by atoms with Crippen LogP contribution in [0.4, 0.5) is 0 Å². The first kappa shape index (κ1) is 21.1. The van der Waals surface area contributed by atoms with Gasteiger partial charge in [-0.2, -0.15) is 0 Å². The molecular weight excluding hydrogens is 378 g/mol. The molecule has 0 aliphatic carbocycles. The fourth-order valence-electron chi connectivity index (χ4n) is 2.94. The molecule has 0 aliphatic rings. The number of hydrogen-bond donors (Lipinski definition) is 1. The smallest absolute Gasteiger partial charge is 0.308 e. The molecule has 0 saturated carbocycles. The minimum atomic E-state index is -0.482. The van der Waals surface area contributed by atoms with E-state index in [1.54, 1.807) is 24.3 Å². The largest absolute Gasteiger partial charge is 0.490 e. The van der Waals surface area contributed by atoms with Crippen molar-refractivity contribution in [1.82, 2.24) is 5.32 Å². The maximum Gasteiger partial charge on any atom is 0.308 e. The molecule has 3 aromatic rings. The van der Waals surface area contributed by atoms with Crippen molar-refractivity contribution >= 4 is 11.9 Å². The molecule has 1 amide bonds. The molecular formula is C25H25NO4. The van der Waals surface area contributed by atoms with Crippen LogP contribution >= 0.6 is 0 Å². The zero-order valence-corrected chi connectivity index (χ0v) is 16.9. The summed E-state index contributed by atoms with van der Waals surface area (Å²) in [5, 5.41) is 2.93. The number of ether oxygens (including phenoxy) is 2. The number of nitrogens with one attached hydrogen (secondary N) is 1. The first-order valence-electron chi connectivity index (χ1n) is 9.88. The summed E-state index contributed by atoms with van der Waals surface area (Å²) in [6, 6.07) is 25.5. The Morgan fingerprint density at radius 1 is 0.833 bits per heavy atom. The summed E-state index contributed by atoms with van der Waals surface area (Å²) in [6.45, 7) is 2.41. The van der Waals surface area contributed by atoms with E-state index in [2.05, 4.69) is 5.32 Å². The van der Waals surface area contributed by atoms with Gasteiger partial charge in [0.15, 0.2) is 0 Å². The molecule has 0 aromatic heterocycles. The molecule has 0 fully saturated rings. The van der Waals surface area contributed by atoms with Gasteiger partial charge in [-0.3, -0.25) is 9.59 Å². The number of carbonyl (C=O) groups is 2. The number of esters is 1. The molecule has 0 spiro atoms. The van der Waals surface area contributed by atoms with Crippen molar-refractivity contribution < 1.29 is 19.1 Å². The molecule has 0 saturated heterocycles. The number of hydrogen-bond acceptors (Lipinski definition) is 4. The lowest BCUT2D eigenvalue weighted by Crippen LogP contribution is -2.30. The van der Waals surface area contributed by atoms with Crippen LogP contribution in [0.25, 0.3) is 0 Å². The average Bonchev–Trinajstić information content (AvgIpc) is 2.78. The molecule has 0 bridgehead atoms. The zero-order valence-electron chi connectivity index (χ0n) is 16.9. The zero-order chi connectivity index (χ0) is 21.2. The summed E-state index contributed by atoms with van der Waals surface area (Å²) in [4.78, 5) is 24.9. The second-order valence-electron chi connectivity index (χ2n) is 6.89. The highest BCUT2D eigenvalue weighted by molar-refractivity contribution is 5.94. The SMILES string of the molecule is Cc1ccc(OCCOC(=O)C[C@@H](NC(=O)c2ccccc2)c2ccccc2)cc1. The predicted molar refractivity (Wildman–Crippen MR) is 115 cm³/mol. The number of rotatable bonds is 9. The van der Waals surface area contributed by atoms with Crippen molar-refractivity contribution in [2.75, 3.05) is 13.2 Å². The summed E-state index contributed by atoms with van der Waals surface area (Å²) in [5.74, 6) is 0.0959. The number of benzene rings is 3. The van der Waals surface area contributed by atoms with E-state index >= 15 is 0 Å². The molecule has 3 rings (SSSR count). The Kier molecular flexibility index (Phi) is 7.61. The molecule has 3 aromatic carbocycles. The van der Waals surface area contributed by atoms with Gasteiger partial charge in [0.2, 0.25) is 0 Å². The van der Waals surface area contributed by atoms with Crippen molar-refractivity contribution in [3.63, 3.8) is 0 Å². The molecule has 0 radical (unpaired) electrons. The Bertz CT molecular complexity index is 940.